The van der Waals surface area contributed by atoms with E-state index in [1.807, 2.05) is 0 Å². The molecule has 0 amide bonds. The normalized spacial score (nSPS) is 36.5. The molecule has 0 aliphatic heterocycles. The van der Waals surface area contributed by atoms with E-state index in [0.29, 0.717) is 17.6 Å². The molecule has 0 radical (unpaired) electrons. The Morgan fingerprint density at radius 3 is 2.28 bits per heavy atom. The number of hydrogen-bond acceptors (Lipinski definition) is 2. The molecular weight excluding hydrogens is 222 g/mol. The second kappa shape index (κ2) is 5.50. The van der Waals surface area contributed by atoms with Crippen LogP contribution in [0.25, 0.3) is 0 Å². The molecule has 0 aromatic heterocycles. The van der Waals surface area contributed by atoms with Gasteiger partial charge in [-0.3, -0.25) is 0 Å². The first kappa shape index (κ1) is 12.9. The van der Waals surface area contributed by atoms with E-state index >= 15 is 0 Å². The van der Waals surface area contributed by atoms with Gasteiger partial charge in [-0.2, -0.15) is 0 Å². The molecule has 3 aliphatic rings. The molecule has 18 heavy (non-hydrogen) atoms. The largest absolute Gasteiger partial charge is 0.377 e. The van der Waals surface area contributed by atoms with Gasteiger partial charge < -0.3 is 10.5 Å². The van der Waals surface area contributed by atoms with E-state index in [2.05, 4.69) is 0 Å². The van der Waals surface area contributed by atoms with Gasteiger partial charge in [-0.1, -0.05) is 38.5 Å². The number of nitrogens with two attached hydrogens (primary N) is 1. The maximum absolute atomic E-state index is 6.31. The first-order valence-corrected chi connectivity index (χ1v) is 8.18. The fraction of sp³-hybridized carbons (Fsp3) is 1.00. The molecule has 3 rings (SSSR count). The lowest BCUT2D eigenvalue weighted by Crippen LogP contribution is -2.63. The predicted molar refractivity (Wildman–Crippen MR) is 74.4 cm³/mol. The summed E-state index contributed by atoms with van der Waals surface area (Å²) >= 11 is 0. The van der Waals surface area contributed by atoms with E-state index in [1.165, 1.54) is 64.2 Å². The minimum atomic E-state index is 0.382. The highest BCUT2D eigenvalue weighted by atomic mass is 16.5. The number of rotatable bonds is 3. The predicted octanol–water partition coefficient (Wildman–Crippen LogP) is 3.63. The van der Waals surface area contributed by atoms with Crippen LogP contribution in [0.3, 0.4) is 0 Å². The zero-order valence-electron chi connectivity index (χ0n) is 11.7. The van der Waals surface area contributed by atoms with Gasteiger partial charge in [0.2, 0.25) is 0 Å². The third-order valence-corrected chi connectivity index (χ3v) is 5.89. The second-order valence-corrected chi connectivity index (χ2v) is 6.96. The van der Waals surface area contributed by atoms with Crippen molar-refractivity contribution in [3.63, 3.8) is 0 Å². The summed E-state index contributed by atoms with van der Waals surface area (Å²) in [6, 6.07) is 0.425. The Morgan fingerprint density at radius 1 is 0.944 bits per heavy atom. The van der Waals surface area contributed by atoms with Crippen LogP contribution in [-0.4, -0.2) is 18.8 Å². The average Bonchev–Trinajstić information content (AvgIpc) is 2.45. The van der Waals surface area contributed by atoms with Crippen LogP contribution in [0.2, 0.25) is 0 Å². The highest BCUT2D eigenvalue weighted by Gasteiger charge is 2.54. The van der Waals surface area contributed by atoms with Gasteiger partial charge >= 0.3 is 0 Å². The van der Waals surface area contributed by atoms with Crippen LogP contribution in [-0.2, 0) is 4.74 Å². The van der Waals surface area contributed by atoms with Crippen molar-refractivity contribution < 1.29 is 4.74 Å². The van der Waals surface area contributed by atoms with Crippen LogP contribution in [0.1, 0.15) is 70.6 Å². The average molecular weight is 251 g/mol. The first-order valence-electron chi connectivity index (χ1n) is 8.18. The number of ether oxygens (including phenoxy) is 1. The first-order chi connectivity index (χ1) is 8.81. The van der Waals surface area contributed by atoms with E-state index in [0.717, 1.165) is 18.9 Å². The molecule has 104 valence electrons. The summed E-state index contributed by atoms with van der Waals surface area (Å²) < 4.78 is 6.30. The van der Waals surface area contributed by atoms with Crippen LogP contribution in [0.4, 0.5) is 0 Å². The van der Waals surface area contributed by atoms with E-state index in [4.69, 9.17) is 10.5 Å². The molecule has 3 saturated carbocycles. The SMILES string of the molecule is NC1CC(OCC2CCCCC2)C12CCCCC2. The van der Waals surface area contributed by atoms with Gasteiger partial charge in [0.25, 0.3) is 0 Å². The second-order valence-electron chi connectivity index (χ2n) is 6.96. The van der Waals surface area contributed by atoms with Crippen molar-refractivity contribution in [2.45, 2.75) is 82.8 Å². The molecule has 2 N–H and O–H groups in total. The standard InChI is InChI=1S/C16H29NO/c17-14-11-15(16(14)9-5-2-6-10-16)18-12-13-7-3-1-4-8-13/h13-15H,1-12,17H2. The lowest BCUT2D eigenvalue weighted by atomic mass is 9.55. The van der Waals surface area contributed by atoms with E-state index in [1.54, 1.807) is 0 Å². The summed E-state index contributed by atoms with van der Waals surface area (Å²) in [6.45, 7) is 1.01. The molecule has 3 fully saturated rings. The van der Waals surface area contributed by atoms with Crippen molar-refractivity contribution in [1.82, 2.24) is 0 Å². The summed E-state index contributed by atoms with van der Waals surface area (Å²) in [5.41, 5.74) is 6.69. The Morgan fingerprint density at radius 2 is 1.61 bits per heavy atom. The highest BCUT2D eigenvalue weighted by Crippen LogP contribution is 2.52. The van der Waals surface area contributed by atoms with Crippen molar-refractivity contribution in [3.8, 4) is 0 Å². The van der Waals surface area contributed by atoms with Gasteiger partial charge in [0, 0.05) is 18.1 Å². The fourth-order valence-corrected chi connectivity index (χ4v) is 4.52. The van der Waals surface area contributed by atoms with Crippen LogP contribution in [0, 0.1) is 11.3 Å². The molecule has 2 atom stereocenters. The van der Waals surface area contributed by atoms with Crippen LogP contribution in [0.15, 0.2) is 0 Å². The van der Waals surface area contributed by atoms with Crippen LogP contribution >= 0.6 is 0 Å². The molecule has 2 nitrogen and oxygen atoms in total. The minimum absolute atomic E-state index is 0.382. The Kier molecular flexibility index (Phi) is 3.95. The van der Waals surface area contributed by atoms with Gasteiger partial charge in [-0.25, -0.2) is 0 Å². The smallest absolute Gasteiger partial charge is 0.0661 e. The molecule has 2 unspecified atom stereocenters. The maximum Gasteiger partial charge on any atom is 0.0661 e. The molecule has 0 aromatic rings. The van der Waals surface area contributed by atoms with Gasteiger partial charge in [0.05, 0.1) is 6.10 Å². The summed E-state index contributed by atoms with van der Waals surface area (Å²) in [6.07, 6.45) is 15.5. The summed E-state index contributed by atoms with van der Waals surface area (Å²) in [4.78, 5) is 0. The van der Waals surface area contributed by atoms with Crippen molar-refractivity contribution in [3.05, 3.63) is 0 Å². The van der Waals surface area contributed by atoms with Crippen molar-refractivity contribution >= 4 is 0 Å². The maximum atomic E-state index is 6.31. The third kappa shape index (κ3) is 2.34. The fourth-order valence-electron chi connectivity index (χ4n) is 4.52. The monoisotopic (exact) mass is 251 g/mol. The Balaban J connectivity index is 1.50. The molecular formula is C16H29NO. The van der Waals surface area contributed by atoms with Crippen molar-refractivity contribution in [2.24, 2.45) is 17.1 Å². The van der Waals surface area contributed by atoms with E-state index in [-0.39, 0.29) is 0 Å². The van der Waals surface area contributed by atoms with E-state index in [9.17, 15) is 0 Å². The Hall–Kier alpha value is -0.0800. The lowest BCUT2D eigenvalue weighted by Gasteiger charge is -2.56. The molecule has 0 heterocycles. The zero-order valence-corrected chi connectivity index (χ0v) is 11.7. The van der Waals surface area contributed by atoms with Gasteiger partial charge in [-0.05, 0) is 38.0 Å². The molecule has 0 bridgehead atoms. The molecule has 2 heteroatoms. The molecule has 0 aromatic carbocycles. The Labute approximate surface area is 112 Å². The third-order valence-electron chi connectivity index (χ3n) is 5.89. The topological polar surface area (TPSA) is 35.2 Å². The van der Waals surface area contributed by atoms with Crippen LogP contribution < -0.4 is 5.73 Å². The summed E-state index contributed by atoms with van der Waals surface area (Å²) in [5.74, 6) is 0.844. The minimum Gasteiger partial charge on any atom is -0.377 e. The zero-order chi connectivity index (χ0) is 12.4. The number of hydrogen-bond donors (Lipinski definition) is 1. The Bertz CT molecular complexity index is 266. The summed E-state index contributed by atoms with van der Waals surface area (Å²) in [5, 5.41) is 0. The molecule has 0 saturated heterocycles. The highest BCUT2D eigenvalue weighted by molar-refractivity contribution is 5.07. The quantitative estimate of drug-likeness (QED) is 0.831. The molecule has 1 spiro atoms. The lowest BCUT2D eigenvalue weighted by molar-refractivity contribution is -0.151. The van der Waals surface area contributed by atoms with Gasteiger partial charge in [-0.15, -0.1) is 0 Å². The van der Waals surface area contributed by atoms with Crippen molar-refractivity contribution in [1.29, 1.82) is 0 Å². The van der Waals surface area contributed by atoms with Crippen LogP contribution in [0.5, 0.6) is 0 Å². The van der Waals surface area contributed by atoms with Gasteiger partial charge in [0.15, 0.2) is 0 Å². The van der Waals surface area contributed by atoms with E-state index < -0.39 is 0 Å². The summed E-state index contributed by atoms with van der Waals surface area (Å²) in [7, 11) is 0. The van der Waals surface area contributed by atoms with Gasteiger partial charge in [0.1, 0.15) is 0 Å². The molecule has 3 aliphatic carbocycles. The van der Waals surface area contributed by atoms with Crippen molar-refractivity contribution in [2.75, 3.05) is 6.61 Å².